The SMILES string of the molecule is COc1ccc(OC)c(/C=C/C(=O)O[C@H](C)C(=O)Nc2cccc3ccccc23)c1. The smallest absolute Gasteiger partial charge is 0.331 e. The summed E-state index contributed by atoms with van der Waals surface area (Å²) in [5, 5.41) is 4.74. The van der Waals surface area contributed by atoms with E-state index in [9.17, 15) is 9.59 Å². The molecule has 0 aliphatic rings. The van der Waals surface area contributed by atoms with Crippen molar-refractivity contribution in [3.8, 4) is 11.5 Å². The van der Waals surface area contributed by atoms with Gasteiger partial charge in [0.25, 0.3) is 5.91 Å². The lowest BCUT2D eigenvalue weighted by Crippen LogP contribution is -2.29. The van der Waals surface area contributed by atoms with Crippen LogP contribution in [-0.2, 0) is 14.3 Å². The first-order chi connectivity index (χ1) is 14.5. The van der Waals surface area contributed by atoms with Gasteiger partial charge >= 0.3 is 5.97 Å². The molecule has 3 aromatic rings. The summed E-state index contributed by atoms with van der Waals surface area (Å²) in [6.45, 7) is 1.53. The fraction of sp³-hybridized carbons (Fsp3) is 0.167. The number of fused-ring (bicyclic) bond motifs is 1. The van der Waals surface area contributed by atoms with Crippen molar-refractivity contribution >= 4 is 34.4 Å². The topological polar surface area (TPSA) is 73.9 Å². The molecule has 0 aliphatic carbocycles. The van der Waals surface area contributed by atoms with E-state index in [4.69, 9.17) is 14.2 Å². The summed E-state index contributed by atoms with van der Waals surface area (Å²) >= 11 is 0. The van der Waals surface area contributed by atoms with Crippen molar-refractivity contribution in [2.45, 2.75) is 13.0 Å². The summed E-state index contributed by atoms with van der Waals surface area (Å²) in [5.74, 6) is 0.167. The summed E-state index contributed by atoms with van der Waals surface area (Å²) < 4.78 is 15.7. The molecule has 0 radical (unpaired) electrons. The van der Waals surface area contributed by atoms with Gasteiger partial charge in [0.15, 0.2) is 6.10 Å². The average molecular weight is 405 g/mol. The fourth-order valence-electron chi connectivity index (χ4n) is 2.96. The molecule has 6 nitrogen and oxygen atoms in total. The predicted molar refractivity (Wildman–Crippen MR) is 117 cm³/mol. The number of carbonyl (C=O) groups excluding carboxylic acids is 2. The molecule has 1 amide bonds. The average Bonchev–Trinajstić information content (AvgIpc) is 2.77. The second-order valence-corrected chi connectivity index (χ2v) is 6.54. The van der Waals surface area contributed by atoms with Crippen molar-refractivity contribution in [3.05, 3.63) is 72.3 Å². The molecule has 0 spiro atoms. The Morgan fingerprint density at radius 1 is 0.967 bits per heavy atom. The lowest BCUT2D eigenvalue weighted by atomic mass is 10.1. The van der Waals surface area contributed by atoms with Crippen molar-refractivity contribution in [1.82, 2.24) is 0 Å². The molecule has 0 bridgehead atoms. The highest BCUT2D eigenvalue weighted by Crippen LogP contribution is 2.25. The maximum Gasteiger partial charge on any atom is 0.331 e. The number of amides is 1. The number of hydrogen-bond acceptors (Lipinski definition) is 5. The number of nitrogens with one attached hydrogen (secondary N) is 1. The Bertz CT molecular complexity index is 1080. The van der Waals surface area contributed by atoms with E-state index in [1.54, 1.807) is 31.4 Å². The van der Waals surface area contributed by atoms with Gasteiger partial charge in [0.05, 0.1) is 14.2 Å². The van der Waals surface area contributed by atoms with Crippen LogP contribution in [0, 0.1) is 0 Å². The van der Waals surface area contributed by atoms with E-state index < -0.39 is 18.0 Å². The van der Waals surface area contributed by atoms with Crippen LogP contribution in [0.4, 0.5) is 5.69 Å². The standard InChI is InChI=1S/C24H23NO5/c1-16(24(27)25-21-10-6-8-17-7-4-5-9-20(17)21)30-23(26)14-11-18-15-19(28-2)12-13-22(18)29-3/h4-16H,1-3H3,(H,25,27)/b14-11+/t16-/m1/s1. The first kappa shape index (κ1) is 20.9. The van der Waals surface area contributed by atoms with Crippen LogP contribution in [0.3, 0.4) is 0 Å². The number of methoxy groups -OCH3 is 2. The number of rotatable bonds is 7. The summed E-state index contributed by atoms with van der Waals surface area (Å²) in [5.41, 5.74) is 1.32. The van der Waals surface area contributed by atoms with Crippen LogP contribution in [0.15, 0.2) is 66.7 Å². The molecule has 0 heterocycles. The number of ether oxygens (including phenoxy) is 3. The highest BCUT2D eigenvalue weighted by Gasteiger charge is 2.17. The van der Waals surface area contributed by atoms with Gasteiger partial charge < -0.3 is 19.5 Å². The zero-order valence-electron chi connectivity index (χ0n) is 17.0. The molecule has 0 fully saturated rings. The van der Waals surface area contributed by atoms with E-state index in [-0.39, 0.29) is 0 Å². The van der Waals surface area contributed by atoms with Crippen LogP contribution in [0.25, 0.3) is 16.8 Å². The maximum atomic E-state index is 12.5. The van der Waals surface area contributed by atoms with Crippen molar-refractivity contribution in [2.75, 3.05) is 19.5 Å². The minimum atomic E-state index is -0.965. The quantitative estimate of drug-likeness (QED) is 0.465. The Kier molecular flexibility index (Phi) is 6.70. The van der Waals surface area contributed by atoms with Crippen LogP contribution >= 0.6 is 0 Å². The molecule has 0 unspecified atom stereocenters. The minimum absolute atomic E-state index is 0.410. The van der Waals surface area contributed by atoms with E-state index in [2.05, 4.69) is 5.32 Å². The van der Waals surface area contributed by atoms with Gasteiger partial charge in [0.1, 0.15) is 11.5 Å². The van der Waals surface area contributed by atoms with Crippen LogP contribution in [0.2, 0.25) is 0 Å². The Morgan fingerprint density at radius 3 is 2.50 bits per heavy atom. The Hall–Kier alpha value is -3.80. The molecule has 3 aromatic carbocycles. The molecule has 1 atom stereocenters. The Morgan fingerprint density at radius 2 is 1.73 bits per heavy atom. The molecule has 154 valence electrons. The van der Waals surface area contributed by atoms with Gasteiger partial charge in [-0.15, -0.1) is 0 Å². The van der Waals surface area contributed by atoms with Gasteiger partial charge in [-0.25, -0.2) is 4.79 Å². The summed E-state index contributed by atoms with van der Waals surface area (Å²) in [4.78, 5) is 24.7. The Balaban J connectivity index is 1.65. The van der Waals surface area contributed by atoms with Gasteiger partial charge in [-0.05, 0) is 42.7 Å². The number of anilines is 1. The van der Waals surface area contributed by atoms with Crippen molar-refractivity contribution in [1.29, 1.82) is 0 Å². The van der Waals surface area contributed by atoms with E-state index >= 15 is 0 Å². The van der Waals surface area contributed by atoms with Crippen LogP contribution < -0.4 is 14.8 Å². The highest BCUT2D eigenvalue weighted by atomic mass is 16.5. The number of esters is 1. The minimum Gasteiger partial charge on any atom is -0.497 e. The first-order valence-electron chi connectivity index (χ1n) is 9.41. The number of carbonyl (C=O) groups is 2. The second kappa shape index (κ2) is 9.60. The molecule has 3 rings (SSSR count). The molecule has 0 saturated heterocycles. The van der Waals surface area contributed by atoms with Gasteiger partial charge in [-0.3, -0.25) is 4.79 Å². The summed E-state index contributed by atoms with van der Waals surface area (Å²) in [6, 6.07) is 18.6. The monoisotopic (exact) mass is 405 g/mol. The molecular weight excluding hydrogens is 382 g/mol. The molecule has 6 heteroatoms. The van der Waals surface area contributed by atoms with Crippen LogP contribution in [-0.4, -0.2) is 32.2 Å². The van der Waals surface area contributed by atoms with Crippen LogP contribution in [0.5, 0.6) is 11.5 Å². The van der Waals surface area contributed by atoms with Crippen molar-refractivity contribution in [2.24, 2.45) is 0 Å². The predicted octanol–water partition coefficient (Wildman–Crippen LogP) is 4.44. The summed E-state index contributed by atoms with van der Waals surface area (Å²) in [6.07, 6.45) is 1.84. The van der Waals surface area contributed by atoms with Gasteiger partial charge in [0.2, 0.25) is 0 Å². The highest BCUT2D eigenvalue weighted by molar-refractivity contribution is 6.04. The third-order valence-electron chi connectivity index (χ3n) is 4.55. The molecule has 30 heavy (non-hydrogen) atoms. The molecule has 1 N–H and O–H groups in total. The fourth-order valence-corrected chi connectivity index (χ4v) is 2.96. The lowest BCUT2D eigenvalue weighted by molar-refractivity contribution is -0.148. The van der Waals surface area contributed by atoms with Crippen LogP contribution in [0.1, 0.15) is 12.5 Å². The third kappa shape index (κ3) is 4.97. The second-order valence-electron chi connectivity index (χ2n) is 6.54. The molecule has 0 aromatic heterocycles. The van der Waals surface area contributed by atoms with Crippen molar-refractivity contribution in [3.63, 3.8) is 0 Å². The normalized spacial score (nSPS) is 11.8. The zero-order valence-corrected chi connectivity index (χ0v) is 17.0. The van der Waals surface area contributed by atoms with E-state index in [1.165, 1.54) is 20.1 Å². The van der Waals surface area contributed by atoms with Gasteiger partial charge in [-0.2, -0.15) is 0 Å². The van der Waals surface area contributed by atoms with Crippen molar-refractivity contribution < 1.29 is 23.8 Å². The van der Waals surface area contributed by atoms with E-state index in [1.807, 2.05) is 42.5 Å². The zero-order chi connectivity index (χ0) is 21.5. The lowest BCUT2D eigenvalue weighted by Gasteiger charge is -2.14. The summed E-state index contributed by atoms with van der Waals surface area (Å²) in [7, 11) is 3.09. The largest absolute Gasteiger partial charge is 0.497 e. The Labute approximate surface area is 175 Å². The van der Waals surface area contributed by atoms with Gasteiger partial charge in [-0.1, -0.05) is 36.4 Å². The van der Waals surface area contributed by atoms with Gasteiger partial charge in [0, 0.05) is 22.7 Å². The van der Waals surface area contributed by atoms with E-state index in [0.717, 1.165) is 10.8 Å². The number of hydrogen-bond donors (Lipinski definition) is 1. The maximum absolute atomic E-state index is 12.5. The molecule has 0 aliphatic heterocycles. The van der Waals surface area contributed by atoms with E-state index in [0.29, 0.717) is 22.7 Å². The first-order valence-corrected chi connectivity index (χ1v) is 9.41. The number of benzene rings is 3. The molecule has 0 saturated carbocycles. The third-order valence-corrected chi connectivity index (χ3v) is 4.55. The molecular formula is C24H23NO5.